The molecule has 0 saturated heterocycles. The van der Waals surface area contributed by atoms with Crippen molar-refractivity contribution in [2.24, 2.45) is 0 Å². The number of nitrogens with one attached hydrogen (secondary N) is 2. The van der Waals surface area contributed by atoms with Crippen LogP contribution in [0, 0.1) is 0 Å². The number of Topliss-reactive ketones (excluding diaryl/α,β-unsaturated/α-hetero) is 1. The topological polar surface area (TPSA) is 159 Å². The molecule has 0 fully saturated rings. The van der Waals surface area contributed by atoms with Gasteiger partial charge >= 0.3 is 0 Å². The molecule has 4 N–H and O–H groups in total. The number of ether oxygens (including phenoxy) is 1. The Bertz CT molecular complexity index is 1690. The number of benzene rings is 3. The number of hydrogen-bond acceptors (Lipinski definition) is 8. The largest absolute Gasteiger partial charge is 0.485 e. The van der Waals surface area contributed by atoms with Gasteiger partial charge in [-0.25, -0.2) is 13.4 Å². The van der Waals surface area contributed by atoms with E-state index in [4.69, 9.17) is 4.74 Å². The molecular weight excluding hydrogens is 570 g/mol. The lowest BCUT2D eigenvalue weighted by molar-refractivity contribution is 0.0878. The highest BCUT2D eigenvalue weighted by Gasteiger charge is 2.29. The van der Waals surface area contributed by atoms with Gasteiger partial charge in [-0.05, 0) is 54.3 Å². The molecule has 0 spiro atoms. The SMILES string of the molecule is O=C(NC(CO)CO)c1cccc(S(=O)(=O)Cc2c(O[C@@H](Cc3ncc[nH]3)c3ccccc3)ccc3c2CCCC3=O)c1. The van der Waals surface area contributed by atoms with E-state index >= 15 is 0 Å². The van der Waals surface area contributed by atoms with E-state index in [1.807, 2.05) is 30.3 Å². The van der Waals surface area contributed by atoms with Crippen LogP contribution in [-0.2, 0) is 28.4 Å². The van der Waals surface area contributed by atoms with Gasteiger partial charge in [-0.2, -0.15) is 0 Å². The van der Waals surface area contributed by atoms with Crippen molar-refractivity contribution in [3.63, 3.8) is 0 Å². The van der Waals surface area contributed by atoms with Crippen molar-refractivity contribution < 1.29 is 33.0 Å². The number of hydrogen-bond donors (Lipinski definition) is 4. The molecule has 224 valence electrons. The normalized spacial score (nSPS) is 13.9. The standard InChI is InChI=1S/C32H33N3O7S/c36-18-23(19-37)35-32(39)22-8-4-9-24(16-22)43(40,41)20-27-25-10-5-11-28(38)26(25)12-13-29(27)42-30(17-31-33-14-15-34-31)21-6-2-1-3-7-21/h1-4,6-9,12-16,23,30,36-37H,5,10-11,17-20H2,(H,33,34)(H,35,39)/t30-/m0/s1. The van der Waals surface area contributed by atoms with Crippen LogP contribution in [-0.4, -0.2) is 59.5 Å². The van der Waals surface area contributed by atoms with Gasteiger partial charge in [0.1, 0.15) is 17.7 Å². The molecule has 1 aromatic heterocycles. The van der Waals surface area contributed by atoms with Crippen LogP contribution in [0.2, 0.25) is 0 Å². The highest BCUT2D eigenvalue weighted by atomic mass is 32.2. The molecule has 1 atom stereocenters. The van der Waals surface area contributed by atoms with Crippen LogP contribution in [0.4, 0.5) is 0 Å². The van der Waals surface area contributed by atoms with Crippen LogP contribution >= 0.6 is 0 Å². The second-order valence-corrected chi connectivity index (χ2v) is 12.4. The van der Waals surface area contributed by atoms with E-state index in [1.54, 1.807) is 24.5 Å². The van der Waals surface area contributed by atoms with Gasteiger partial charge < -0.3 is 25.3 Å². The maximum Gasteiger partial charge on any atom is 0.251 e. The third-order valence-corrected chi connectivity index (χ3v) is 9.10. The van der Waals surface area contributed by atoms with E-state index in [1.165, 1.54) is 24.3 Å². The van der Waals surface area contributed by atoms with Gasteiger partial charge in [0.15, 0.2) is 15.6 Å². The van der Waals surface area contributed by atoms with Crippen LogP contribution < -0.4 is 10.1 Å². The van der Waals surface area contributed by atoms with Gasteiger partial charge in [-0.15, -0.1) is 0 Å². The number of carbonyl (C=O) groups is 2. The average molecular weight is 604 g/mol. The van der Waals surface area contributed by atoms with Gasteiger partial charge in [0.25, 0.3) is 5.91 Å². The van der Waals surface area contributed by atoms with Gasteiger partial charge in [0.2, 0.25) is 0 Å². The lowest BCUT2D eigenvalue weighted by Gasteiger charge is -2.25. The Morgan fingerprint density at radius 1 is 1.02 bits per heavy atom. The lowest BCUT2D eigenvalue weighted by atomic mass is 9.87. The third kappa shape index (κ3) is 7.02. The van der Waals surface area contributed by atoms with E-state index < -0.39 is 46.9 Å². The quantitative estimate of drug-likeness (QED) is 0.192. The Labute approximate surface area is 249 Å². The average Bonchev–Trinajstić information content (AvgIpc) is 3.54. The number of fused-ring (bicyclic) bond motifs is 1. The molecule has 11 heteroatoms. The molecule has 10 nitrogen and oxygen atoms in total. The van der Waals surface area contributed by atoms with Crippen LogP contribution in [0.5, 0.6) is 5.75 Å². The number of ketones is 1. The second-order valence-electron chi connectivity index (χ2n) is 10.4. The van der Waals surface area contributed by atoms with Gasteiger partial charge in [0, 0.05) is 41.9 Å². The van der Waals surface area contributed by atoms with Crippen molar-refractivity contribution in [3.8, 4) is 5.75 Å². The number of amides is 1. The van der Waals surface area contributed by atoms with Crippen molar-refractivity contribution >= 4 is 21.5 Å². The third-order valence-electron chi connectivity index (χ3n) is 7.46. The molecule has 0 saturated carbocycles. The lowest BCUT2D eigenvalue weighted by Crippen LogP contribution is -2.40. The summed E-state index contributed by atoms with van der Waals surface area (Å²) in [6.45, 7) is -0.935. The molecule has 5 rings (SSSR count). The Morgan fingerprint density at radius 3 is 2.53 bits per heavy atom. The van der Waals surface area contributed by atoms with E-state index in [2.05, 4.69) is 15.3 Å². The number of aliphatic hydroxyl groups is 2. The van der Waals surface area contributed by atoms with Gasteiger partial charge in [-0.3, -0.25) is 9.59 Å². The summed E-state index contributed by atoms with van der Waals surface area (Å²) in [5.74, 6) is -0.0405. The number of aromatic amines is 1. The van der Waals surface area contributed by atoms with Crippen molar-refractivity contribution in [1.29, 1.82) is 0 Å². The molecule has 1 aliphatic rings. The number of aliphatic hydroxyl groups excluding tert-OH is 2. The first-order valence-electron chi connectivity index (χ1n) is 14.0. The summed E-state index contributed by atoms with van der Waals surface area (Å²) in [6, 6.07) is 17.7. The number of carbonyl (C=O) groups excluding carboxylic acids is 2. The van der Waals surface area contributed by atoms with E-state index in [0.717, 1.165) is 5.56 Å². The Kier molecular flexibility index (Phi) is 9.34. The molecule has 3 aromatic carbocycles. The predicted molar refractivity (Wildman–Crippen MR) is 159 cm³/mol. The molecule has 4 aromatic rings. The molecule has 1 aliphatic carbocycles. The molecule has 0 unspecified atom stereocenters. The van der Waals surface area contributed by atoms with Crippen molar-refractivity contribution in [2.45, 2.75) is 48.5 Å². The number of aromatic nitrogens is 2. The summed E-state index contributed by atoms with van der Waals surface area (Å²) in [4.78, 5) is 32.9. The molecule has 0 aliphatic heterocycles. The Balaban J connectivity index is 1.52. The van der Waals surface area contributed by atoms with Crippen molar-refractivity contribution in [1.82, 2.24) is 15.3 Å². The zero-order chi connectivity index (χ0) is 30.4. The summed E-state index contributed by atoms with van der Waals surface area (Å²) in [6.07, 6.45) is 4.81. The fraction of sp³-hybridized carbons (Fsp3) is 0.281. The first-order chi connectivity index (χ1) is 20.8. The van der Waals surface area contributed by atoms with Gasteiger partial charge in [-0.1, -0.05) is 36.4 Å². The van der Waals surface area contributed by atoms with Crippen LogP contribution in [0.1, 0.15) is 62.2 Å². The Hall–Kier alpha value is -4.32. The van der Waals surface area contributed by atoms with Crippen molar-refractivity contribution in [2.75, 3.05) is 13.2 Å². The molecule has 0 bridgehead atoms. The highest BCUT2D eigenvalue weighted by Crippen LogP contribution is 2.36. The van der Waals surface area contributed by atoms with Crippen LogP contribution in [0.15, 0.2) is 84.0 Å². The maximum absolute atomic E-state index is 13.9. The molecule has 43 heavy (non-hydrogen) atoms. The van der Waals surface area contributed by atoms with Crippen LogP contribution in [0.3, 0.4) is 0 Å². The number of H-pyrrole nitrogens is 1. The minimum Gasteiger partial charge on any atom is -0.485 e. The molecule has 1 heterocycles. The summed E-state index contributed by atoms with van der Waals surface area (Å²) in [5, 5.41) is 21.1. The maximum atomic E-state index is 13.9. The molecule has 1 amide bonds. The number of sulfone groups is 1. The predicted octanol–water partition coefficient (Wildman–Crippen LogP) is 3.35. The highest BCUT2D eigenvalue weighted by molar-refractivity contribution is 7.90. The zero-order valence-electron chi connectivity index (χ0n) is 23.4. The fourth-order valence-electron chi connectivity index (χ4n) is 5.20. The van der Waals surface area contributed by atoms with Crippen LogP contribution in [0.25, 0.3) is 0 Å². The van der Waals surface area contributed by atoms with Crippen molar-refractivity contribution in [3.05, 3.63) is 113 Å². The Morgan fingerprint density at radius 2 is 1.81 bits per heavy atom. The summed E-state index contributed by atoms with van der Waals surface area (Å²) in [7, 11) is -4.02. The summed E-state index contributed by atoms with van der Waals surface area (Å²) in [5.41, 5.74) is 2.52. The summed E-state index contributed by atoms with van der Waals surface area (Å²) >= 11 is 0. The molecular formula is C32H33N3O7S. The number of rotatable bonds is 12. The minimum atomic E-state index is -4.02. The summed E-state index contributed by atoms with van der Waals surface area (Å²) < 4.78 is 34.3. The van der Waals surface area contributed by atoms with Gasteiger partial charge in [0.05, 0.1) is 29.9 Å². The first kappa shape index (κ1) is 30.1. The minimum absolute atomic E-state index is 0.0392. The zero-order valence-corrected chi connectivity index (χ0v) is 24.2. The van der Waals surface area contributed by atoms with E-state index in [-0.39, 0.29) is 16.2 Å². The second kappa shape index (κ2) is 13.3. The number of imidazole rings is 1. The monoisotopic (exact) mass is 603 g/mol. The molecule has 0 radical (unpaired) electrons. The first-order valence-corrected chi connectivity index (χ1v) is 15.7. The number of nitrogens with zero attached hydrogens (tertiary/aromatic N) is 1. The van der Waals surface area contributed by atoms with E-state index in [0.29, 0.717) is 53.9 Å². The van der Waals surface area contributed by atoms with E-state index in [9.17, 15) is 28.2 Å². The fourth-order valence-corrected chi connectivity index (χ4v) is 6.66. The smallest absolute Gasteiger partial charge is 0.251 e.